The van der Waals surface area contributed by atoms with Crippen molar-refractivity contribution in [1.29, 1.82) is 0 Å². The SMILES string of the molecule is COc1cc(/C=C/c2nnc(-c3ccccc3)o2)ccc1O. The van der Waals surface area contributed by atoms with Crippen molar-refractivity contribution in [2.75, 3.05) is 7.11 Å². The second kappa shape index (κ2) is 6.13. The number of methoxy groups -OCH3 is 1. The van der Waals surface area contributed by atoms with Gasteiger partial charge < -0.3 is 14.3 Å². The van der Waals surface area contributed by atoms with E-state index < -0.39 is 0 Å². The van der Waals surface area contributed by atoms with Crippen LogP contribution in [0.15, 0.2) is 52.9 Å². The molecule has 0 spiro atoms. The van der Waals surface area contributed by atoms with Crippen molar-refractivity contribution >= 4 is 12.2 Å². The molecule has 3 rings (SSSR count). The lowest BCUT2D eigenvalue weighted by atomic mass is 10.2. The van der Waals surface area contributed by atoms with Crippen LogP contribution in [0.25, 0.3) is 23.6 Å². The van der Waals surface area contributed by atoms with Gasteiger partial charge in [-0.15, -0.1) is 10.2 Å². The summed E-state index contributed by atoms with van der Waals surface area (Å²) in [6.45, 7) is 0. The zero-order valence-corrected chi connectivity index (χ0v) is 11.9. The number of phenolic OH excluding ortho intramolecular Hbond substituents is 1. The van der Waals surface area contributed by atoms with E-state index in [1.165, 1.54) is 7.11 Å². The first-order chi connectivity index (χ1) is 10.8. The molecule has 0 aliphatic heterocycles. The van der Waals surface area contributed by atoms with Gasteiger partial charge in [0.2, 0.25) is 11.8 Å². The molecule has 0 saturated heterocycles. The molecule has 0 saturated carbocycles. The normalized spacial score (nSPS) is 11.0. The Labute approximate surface area is 127 Å². The van der Waals surface area contributed by atoms with Crippen LogP contribution < -0.4 is 4.74 Å². The lowest BCUT2D eigenvalue weighted by Gasteiger charge is -2.03. The summed E-state index contributed by atoms with van der Waals surface area (Å²) in [5.74, 6) is 1.40. The molecule has 0 unspecified atom stereocenters. The standard InChI is InChI=1S/C17H14N2O3/c1-21-15-11-12(7-9-14(15)20)8-10-16-18-19-17(22-16)13-5-3-2-4-6-13/h2-11,20H,1H3/b10-8+. The third-order valence-corrected chi connectivity index (χ3v) is 3.08. The molecule has 0 amide bonds. The molecule has 110 valence electrons. The Morgan fingerprint density at radius 2 is 1.86 bits per heavy atom. The van der Waals surface area contributed by atoms with Gasteiger partial charge in [0.15, 0.2) is 11.5 Å². The van der Waals surface area contributed by atoms with Gasteiger partial charge in [-0.25, -0.2) is 0 Å². The van der Waals surface area contributed by atoms with Crippen molar-refractivity contribution in [2.24, 2.45) is 0 Å². The largest absolute Gasteiger partial charge is 0.504 e. The van der Waals surface area contributed by atoms with Crippen LogP contribution in [0.3, 0.4) is 0 Å². The zero-order chi connectivity index (χ0) is 15.4. The van der Waals surface area contributed by atoms with E-state index in [0.29, 0.717) is 17.5 Å². The Morgan fingerprint density at radius 3 is 2.64 bits per heavy atom. The highest BCUT2D eigenvalue weighted by Gasteiger charge is 2.06. The van der Waals surface area contributed by atoms with Crippen LogP contribution in [0, 0.1) is 0 Å². The first kappa shape index (κ1) is 13.9. The number of nitrogens with zero attached hydrogens (tertiary/aromatic N) is 2. The second-order valence-electron chi connectivity index (χ2n) is 4.58. The summed E-state index contributed by atoms with van der Waals surface area (Å²) in [6.07, 6.45) is 3.52. The van der Waals surface area contributed by atoms with Gasteiger partial charge in [0.1, 0.15) is 0 Å². The molecule has 1 aromatic heterocycles. The van der Waals surface area contributed by atoms with E-state index in [9.17, 15) is 5.11 Å². The van der Waals surface area contributed by atoms with Gasteiger partial charge in [0, 0.05) is 11.6 Å². The molecule has 5 heteroatoms. The van der Waals surface area contributed by atoms with Crippen LogP contribution in [-0.2, 0) is 0 Å². The number of ether oxygens (including phenoxy) is 1. The molecular weight excluding hydrogens is 280 g/mol. The van der Waals surface area contributed by atoms with Crippen LogP contribution in [-0.4, -0.2) is 22.4 Å². The zero-order valence-electron chi connectivity index (χ0n) is 11.9. The number of benzene rings is 2. The third-order valence-electron chi connectivity index (χ3n) is 3.08. The summed E-state index contributed by atoms with van der Waals surface area (Å²) in [4.78, 5) is 0. The van der Waals surface area contributed by atoms with Crippen LogP contribution in [0.1, 0.15) is 11.5 Å². The van der Waals surface area contributed by atoms with Gasteiger partial charge in [-0.1, -0.05) is 24.3 Å². The Balaban J connectivity index is 1.80. The van der Waals surface area contributed by atoms with Crippen LogP contribution >= 0.6 is 0 Å². The fourth-order valence-corrected chi connectivity index (χ4v) is 1.96. The maximum Gasteiger partial charge on any atom is 0.248 e. The van der Waals surface area contributed by atoms with Gasteiger partial charge in [-0.2, -0.15) is 0 Å². The number of rotatable bonds is 4. The highest BCUT2D eigenvalue weighted by Crippen LogP contribution is 2.27. The Morgan fingerprint density at radius 1 is 1.05 bits per heavy atom. The molecule has 2 aromatic carbocycles. The second-order valence-corrected chi connectivity index (χ2v) is 4.58. The van der Waals surface area contributed by atoms with Gasteiger partial charge in [0.05, 0.1) is 7.11 Å². The molecule has 0 radical (unpaired) electrons. The van der Waals surface area contributed by atoms with E-state index in [1.54, 1.807) is 24.3 Å². The lowest BCUT2D eigenvalue weighted by Crippen LogP contribution is -1.84. The average molecular weight is 294 g/mol. The molecule has 0 aliphatic rings. The highest BCUT2D eigenvalue weighted by molar-refractivity contribution is 5.68. The van der Waals surface area contributed by atoms with Crippen LogP contribution in [0.5, 0.6) is 11.5 Å². The van der Waals surface area contributed by atoms with Crippen molar-refractivity contribution in [1.82, 2.24) is 10.2 Å². The molecule has 1 N–H and O–H groups in total. The number of phenols is 1. The first-order valence-electron chi connectivity index (χ1n) is 6.70. The Kier molecular flexibility index (Phi) is 3.87. The predicted molar refractivity (Wildman–Crippen MR) is 83.3 cm³/mol. The molecule has 1 heterocycles. The number of hydrogen-bond acceptors (Lipinski definition) is 5. The predicted octanol–water partition coefficient (Wildman–Crippen LogP) is 3.62. The van der Waals surface area contributed by atoms with Crippen LogP contribution in [0.4, 0.5) is 0 Å². The van der Waals surface area contributed by atoms with Crippen molar-refractivity contribution in [2.45, 2.75) is 0 Å². The topological polar surface area (TPSA) is 68.4 Å². The van der Waals surface area contributed by atoms with Crippen LogP contribution in [0.2, 0.25) is 0 Å². The van der Waals surface area contributed by atoms with Gasteiger partial charge in [-0.3, -0.25) is 0 Å². The van der Waals surface area contributed by atoms with Gasteiger partial charge in [0.25, 0.3) is 0 Å². The van der Waals surface area contributed by atoms with E-state index in [4.69, 9.17) is 9.15 Å². The molecule has 0 atom stereocenters. The van der Waals surface area contributed by atoms with E-state index in [2.05, 4.69) is 10.2 Å². The molecule has 0 bridgehead atoms. The van der Waals surface area contributed by atoms with Gasteiger partial charge >= 0.3 is 0 Å². The van der Waals surface area contributed by atoms with Crippen molar-refractivity contribution < 1.29 is 14.3 Å². The number of hydrogen-bond donors (Lipinski definition) is 1. The lowest BCUT2D eigenvalue weighted by molar-refractivity contribution is 0.373. The molecule has 5 nitrogen and oxygen atoms in total. The molecular formula is C17H14N2O3. The minimum atomic E-state index is 0.101. The average Bonchev–Trinajstić information content (AvgIpc) is 3.04. The monoisotopic (exact) mass is 294 g/mol. The molecule has 22 heavy (non-hydrogen) atoms. The number of aromatic nitrogens is 2. The smallest absolute Gasteiger partial charge is 0.248 e. The summed E-state index contributed by atoms with van der Waals surface area (Å²) in [5.41, 5.74) is 1.73. The molecule has 0 fully saturated rings. The van der Waals surface area contributed by atoms with Crippen molar-refractivity contribution in [3.63, 3.8) is 0 Å². The highest BCUT2D eigenvalue weighted by atomic mass is 16.5. The van der Waals surface area contributed by atoms with E-state index in [1.807, 2.05) is 36.4 Å². The maximum absolute atomic E-state index is 9.56. The first-order valence-corrected chi connectivity index (χ1v) is 6.70. The summed E-state index contributed by atoms with van der Waals surface area (Å²) < 4.78 is 10.6. The van der Waals surface area contributed by atoms with Crippen molar-refractivity contribution in [3.8, 4) is 23.0 Å². The Hall–Kier alpha value is -3.08. The summed E-state index contributed by atoms with van der Waals surface area (Å²) in [7, 11) is 1.51. The number of aromatic hydroxyl groups is 1. The van der Waals surface area contributed by atoms with E-state index in [0.717, 1.165) is 11.1 Å². The fraction of sp³-hybridized carbons (Fsp3) is 0.0588. The quantitative estimate of drug-likeness (QED) is 0.796. The van der Waals surface area contributed by atoms with E-state index >= 15 is 0 Å². The minimum absolute atomic E-state index is 0.101. The maximum atomic E-state index is 9.56. The Bertz CT molecular complexity index is 795. The molecule has 0 aliphatic carbocycles. The van der Waals surface area contributed by atoms with Gasteiger partial charge in [-0.05, 0) is 35.9 Å². The van der Waals surface area contributed by atoms with E-state index in [-0.39, 0.29) is 5.75 Å². The third kappa shape index (κ3) is 2.98. The fourth-order valence-electron chi connectivity index (χ4n) is 1.96. The minimum Gasteiger partial charge on any atom is -0.504 e. The van der Waals surface area contributed by atoms with Crippen molar-refractivity contribution in [3.05, 3.63) is 60.0 Å². The summed E-state index contributed by atoms with van der Waals surface area (Å²) >= 11 is 0. The summed E-state index contributed by atoms with van der Waals surface area (Å²) in [6, 6.07) is 14.6. The molecule has 3 aromatic rings. The summed E-state index contributed by atoms with van der Waals surface area (Å²) in [5, 5.41) is 17.6.